The molecule has 3 aromatic rings. The van der Waals surface area contributed by atoms with E-state index in [0.29, 0.717) is 16.9 Å². The first-order valence-electron chi connectivity index (χ1n) is 8.00. The molecule has 0 spiro atoms. The van der Waals surface area contributed by atoms with Gasteiger partial charge in [0.25, 0.3) is 5.91 Å². The van der Waals surface area contributed by atoms with E-state index in [-0.39, 0.29) is 5.91 Å². The maximum absolute atomic E-state index is 12.7. The minimum absolute atomic E-state index is 0.107. The fourth-order valence-electron chi connectivity index (χ4n) is 3.12. The topological polar surface area (TPSA) is 81.1 Å². The number of para-hydroxylation sites is 1. The van der Waals surface area contributed by atoms with E-state index in [2.05, 4.69) is 5.32 Å². The van der Waals surface area contributed by atoms with Gasteiger partial charge in [-0.2, -0.15) is 0 Å². The summed E-state index contributed by atoms with van der Waals surface area (Å²) in [6.45, 7) is 0. The van der Waals surface area contributed by atoms with E-state index in [9.17, 15) is 4.79 Å². The molecule has 1 aliphatic heterocycles. The highest BCUT2D eigenvalue weighted by Gasteiger charge is 2.28. The number of rotatable bonds is 2. The Morgan fingerprint density at radius 3 is 1.80 bits per heavy atom. The molecule has 3 aromatic carbocycles. The Hall–Kier alpha value is -3.53. The lowest BCUT2D eigenvalue weighted by molar-refractivity contribution is -0.110. The SMILES string of the molecule is Nc1ccc(C(=C2C(=O)Nc3ccccc32)c2ccc(N)cc2)cc1. The first kappa shape index (κ1) is 15.0. The van der Waals surface area contributed by atoms with Gasteiger partial charge in [-0.1, -0.05) is 42.5 Å². The van der Waals surface area contributed by atoms with Crippen molar-refractivity contribution in [1.29, 1.82) is 0 Å². The molecule has 25 heavy (non-hydrogen) atoms. The van der Waals surface area contributed by atoms with Crippen LogP contribution in [-0.2, 0) is 4.79 Å². The van der Waals surface area contributed by atoms with Gasteiger partial charge in [-0.3, -0.25) is 4.79 Å². The maximum atomic E-state index is 12.7. The monoisotopic (exact) mass is 327 g/mol. The van der Waals surface area contributed by atoms with E-state index in [1.807, 2.05) is 72.8 Å². The van der Waals surface area contributed by atoms with Crippen molar-refractivity contribution in [2.24, 2.45) is 0 Å². The van der Waals surface area contributed by atoms with Crippen LogP contribution in [0.1, 0.15) is 16.7 Å². The lowest BCUT2D eigenvalue weighted by Gasteiger charge is -2.13. The molecule has 0 radical (unpaired) electrons. The van der Waals surface area contributed by atoms with Gasteiger partial charge >= 0.3 is 0 Å². The van der Waals surface area contributed by atoms with Gasteiger partial charge in [0.2, 0.25) is 0 Å². The molecule has 0 saturated carbocycles. The first-order valence-corrected chi connectivity index (χ1v) is 8.00. The molecule has 5 N–H and O–H groups in total. The zero-order chi connectivity index (χ0) is 17.4. The van der Waals surface area contributed by atoms with Gasteiger partial charge in [0.1, 0.15) is 0 Å². The fourth-order valence-corrected chi connectivity index (χ4v) is 3.12. The van der Waals surface area contributed by atoms with Gasteiger partial charge in [-0.05, 0) is 41.5 Å². The molecule has 0 aromatic heterocycles. The van der Waals surface area contributed by atoms with Crippen LogP contribution in [-0.4, -0.2) is 5.91 Å². The van der Waals surface area contributed by atoms with Crippen molar-refractivity contribution in [1.82, 2.24) is 0 Å². The Kier molecular flexibility index (Phi) is 3.51. The number of carbonyl (C=O) groups is 1. The normalized spacial score (nSPS) is 12.6. The molecule has 0 atom stereocenters. The van der Waals surface area contributed by atoms with Crippen LogP contribution < -0.4 is 16.8 Å². The number of fused-ring (bicyclic) bond motifs is 1. The largest absolute Gasteiger partial charge is 0.399 e. The van der Waals surface area contributed by atoms with Gasteiger partial charge in [0.15, 0.2) is 0 Å². The van der Waals surface area contributed by atoms with E-state index in [1.54, 1.807) is 0 Å². The molecule has 1 amide bonds. The lowest BCUT2D eigenvalue weighted by atomic mass is 9.90. The minimum Gasteiger partial charge on any atom is -0.399 e. The van der Waals surface area contributed by atoms with E-state index in [1.165, 1.54) is 0 Å². The predicted molar refractivity (Wildman–Crippen MR) is 103 cm³/mol. The Labute approximate surface area is 145 Å². The number of nitrogens with one attached hydrogen (secondary N) is 1. The number of benzene rings is 3. The van der Waals surface area contributed by atoms with E-state index >= 15 is 0 Å². The third-order valence-electron chi connectivity index (χ3n) is 4.32. The number of hydrogen-bond acceptors (Lipinski definition) is 3. The highest BCUT2D eigenvalue weighted by molar-refractivity contribution is 6.38. The molecule has 0 unspecified atom stereocenters. The average molecular weight is 327 g/mol. The van der Waals surface area contributed by atoms with Crippen LogP contribution >= 0.6 is 0 Å². The number of amides is 1. The molecule has 122 valence electrons. The summed E-state index contributed by atoms with van der Waals surface area (Å²) in [6, 6.07) is 22.8. The molecule has 0 aliphatic carbocycles. The number of carbonyl (C=O) groups excluding carboxylic acids is 1. The molecule has 0 fully saturated rings. The molecular formula is C21H17N3O. The molecule has 4 heteroatoms. The smallest absolute Gasteiger partial charge is 0.257 e. The molecular weight excluding hydrogens is 310 g/mol. The zero-order valence-electron chi connectivity index (χ0n) is 13.5. The first-order chi connectivity index (χ1) is 12.1. The second-order valence-electron chi connectivity index (χ2n) is 5.99. The highest BCUT2D eigenvalue weighted by atomic mass is 16.2. The second-order valence-corrected chi connectivity index (χ2v) is 5.99. The van der Waals surface area contributed by atoms with Crippen molar-refractivity contribution in [3.63, 3.8) is 0 Å². The Morgan fingerprint density at radius 1 is 0.720 bits per heavy atom. The summed E-state index contributed by atoms with van der Waals surface area (Å²) in [6.07, 6.45) is 0. The number of anilines is 3. The van der Waals surface area contributed by atoms with E-state index in [4.69, 9.17) is 11.5 Å². The summed E-state index contributed by atoms with van der Waals surface area (Å²) < 4.78 is 0. The van der Waals surface area contributed by atoms with Crippen LogP contribution in [0.2, 0.25) is 0 Å². The summed E-state index contributed by atoms with van der Waals surface area (Å²) in [7, 11) is 0. The van der Waals surface area contributed by atoms with Gasteiger partial charge in [0.05, 0.1) is 5.57 Å². The van der Waals surface area contributed by atoms with Crippen molar-refractivity contribution in [3.8, 4) is 0 Å². The quantitative estimate of drug-likeness (QED) is 0.495. The van der Waals surface area contributed by atoms with E-state index < -0.39 is 0 Å². The summed E-state index contributed by atoms with van der Waals surface area (Å²) in [5, 5.41) is 2.94. The Bertz CT molecular complexity index is 939. The van der Waals surface area contributed by atoms with Crippen molar-refractivity contribution in [3.05, 3.63) is 89.5 Å². The Balaban J connectivity index is 2.02. The summed E-state index contributed by atoms with van der Waals surface area (Å²) in [5.41, 5.74) is 18.1. The zero-order valence-corrected chi connectivity index (χ0v) is 13.5. The molecule has 1 aliphatic rings. The highest BCUT2D eigenvalue weighted by Crippen LogP contribution is 2.40. The van der Waals surface area contributed by atoms with E-state index in [0.717, 1.165) is 28.0 Å². The van der Waals surface area contributed by atoms with Crippen LogP contribution in [0.4, 0.5) is 17.1 Å². The van der Waals surface area contributed by atoms with Crippen molar-refractivity contribution < 1.29 is 4.79 Å². The van der Waals surface area contributed by atoms with Crippen molar-refractivity contribution in [2.45, 2.75) is 0 Å². The average Bonchev–Trinajstić information content (AvgIpc) is 2.95. The number of nitrogen functional groups attached to an aromatic ring is 2. The van der Waals surface area contributed by atoms with Gasteiger partial charge in [0, 0.05) is 28.2 Å². The third-order valence-corrected chi connectivity index (χ3v) is 4.32. The number of nitrogens with two attached hydrogens (primary N) is 2. The predicted octanol–water partition coefficient (Wildman–Crippen LogP) is 3.76. The van der Waals surface area contributed by atoms with Gasteiger partial charge in [-0.15, -0.1) is 0 Å². The summed E-state index contributed by atoms with van der Waals surface area (Å²) in [5.74, 6) is -0.107. The molecule has 4 nitrogen and oxygen atoms in total. The van der Waals surface area contributed by atoms with Crippen LogP contribution in [0.25, 0.3) is 11.1 Å². The maximum Gasteiger partial charge on any atom is 0.257 e. The molecule has 4 rings (SSSR count). The van der Waals surface area contributed by atoms with Crippen LogP contribution in [0, 0.1) is 0 Å². The van der Waals surface area contributed by atoms with Crippen LogP contribution in [0.5, 0.6) is 0 Å². The standard InChI is InChI=1S/C21H17N3O/c22-15-9-5-13(6-10-15)19(14-7-11-16(23)12-8-14)20-17-3-1-2-4-18(17)24-21(20)25/h1-12H,22-23H2,(H,24,25). The number of hydrogen-bond donors (Lipinski definition) is 3. The van der Waals surface area contributed by atoms with Gasteiger partial charge in [-0.25, -0.2) is 0 Å². The lowest BCUT2D eigenvalue weighted by Crippen LogP contribution is -2.06. The molecule has 1 heterocycles. The molecule has 0 saturated heterocycles. The van der Waals surface area contributed by atoms with Crippen molar-refractivity contribution >= 4 is 34.1 Å². The summed E-state index contributed by atoms with van der Waals surface area (Å²) >= 11 is 0. The second kappa shape index (κ2) is 5.83. The fraction of sp³-hybridized carbons (Fsp3) is 0. The summed E-state index contributed by atoms with van der Waals surface area (Å²) in [4.78, 5) is 12.7. The van der Waals surface area contributed by atoms with Crippen LogP contribution in [0.3, 0.4) is 0 Å². The minimum atomic E-state index is -0.107. The third kappa shape index (κ3) is 2.64. The molecule has 0 bridgehead atoms. The Morgan fingerprint density at radius 2 is 1.24 bits per heavy atom. The van der Waals surface area contributed by atoms with Crippen molar-refractivity contribution in [2.75, 3.05) is 16.8 Å². The van der Waals surface area contributed by atoms with Gasteiger partial charge < -0.3 is 16.8 Å². The van der Waals surface area contributed by atoms with Crippen LogP contribution in [0.15, 0.2) is 72.8 Å².